The zero-order valence-corrected chi connectivity index (χ0v) is 14.4. The molecule has 0 spiro atoms. The van der Waals surface area contributed by atoms with Crippen molar-refractivity contribution in [2.45, 2.75) is 19.0 Å². The molecule has 1 saturated heterocycles. The molecule has 2 aromatic rings. The number of alkyl halides is 3. The summed E-state index contributed by atoms with van der Waals surface area (Å²) < 4.78 is 47.0. The predicted molar refractivity (Wildman–Crippen MR) is 89.4 cm³/mol. The molecule has 7 nitrogen and oxygen atoms in total. The predicted octanol–water partition coefficient (Wildman–Crippen LogP) is 2.98. The molecule has 1 aliphatic heterocycles. The fourth-order valence-corrected chi connectivity index (χ4v) is 2.80. The van der Waals surface area contributed by atoms with Gasteiger partial charge in [0.15, 0.2) is 0 Å². The molecule has 1 amide bonds. The van der Waals surface area contributed by atoms with E-state index in [9.17, 15) is 18.0 Å². The maximum atomic E-state index is 12.3. The van der Waals surface area contributed by atoms with Gasteiger partial charge in [0.1, 0.15) is 6.26 Å². The standard InChI is InChI=1S/C17H19F3N4O3/c18-17(19,20)4-6-24-5-3-12(9-24)10-26-15-2-1-14(8-21-15)23-16(25)13-7-22-27-11-13/h1-2,7-8,11-12H,3-6,9-10H2,(H,23,25)/t12-/m1/s1. The van der Waals surface area contributed by atoms with Gasteiger partial charge in [-0.15, -0.1) is 0 Å². The fourth-order valence-electron chi connectivity index (χ4n) is 2.80. The maximum Gasteiger partial charge on any atom is 0.390 e. The summed E-state index contributed by atoms with van der Waals surface area (Å²) in [5.74, 6) is 0.205. The molecule has 1 atom stereocenters. The van der Waals surface area contributed by atoms with Gasteiger partial charge in [0.05, 0.1) is 36.7 Å². The van der Waals surface area contributed by atoms with Crippen molar-refractivity contribution < 1.29 is 27.2 Å². The average molecular weight is 384 g/mol. The summed E-state index contributed by atoms with van der Waals surface area (Å²) in [5, 5.41) is 6.10. The molecule has 1 N–H and O–H groups in total. The molecular formula is C17H19F3N4O3. The first-order valence-corrected chi connectivity index (χ1v) is 8.48. The average Bonchev–Trinajstić information content (AvgIpc) is 3.31. The Morgan fingerprint density at radius 3 is 2.89 bits per heavy atom. The van der Waals surface area contributed by atoms with Crippen molar-refractivity contribution in [2.75, 3.05) is 31.6 Å². The Bertz CT molecular complexity index is 735. The lowest BCUT2D eigenvalue weighted by Gasteiger charge is -2.17. The third-order valence-corrected chi connectivity index (χ3v) is 4.24. The number of aromatic nitrogens is 2. The van der Waals surface area contributed by atoms with Crippen molar-refractivity contribution in [1.29, 1.82) is 0 Å². The quantitative estimate of drug-likeness (QED) is 0.791. The van der Waals surface area contributed by atoms with Crippen molar-refractivity contribution >= 4 is 11.6 Å². The van der Waals surface area contributed by atoms with Gasteiger partial charge in [-0.3, -0.25) is 4.79 Å². The van der Waals surface area contributed by atoms with Gasteiger partial charge in [-0.05, 0) is 19.0 Å². The Morgan fingerprint density at radius 2 is 2.22 bits per heavy atom. The summed E-state index contributed by atoms with van der Waals surface area (Å²) >= 11 is 0. The number of hydrogen-bond donors (Lipinski definition) is 1. The highest BCUT2D eigenvalue weighted by molar-refractivity contribution is 6.03. The molecule has 0 radical (unpaired) electrons. The van der Waals surface area contributed by atoms with Crippen molar-refractivity contribution in [1.82, 2.24) is 15.0 Å². The smallest absolute Gasteiger partial charge is 0.390 e. The van der Waals surface area contributed by atoms with Crippen molar-refractivity contribution in [3.8, 4) is 5.88 Å². The number of carbonyl (C=O) groups excluding carboxylic acids is 1. The molecular weight excluding hydrogens is 365 g/mol. The van der Waals surface area contributed by atoms with Gasteiger partial charge < -0.3 is 19.5 Å². The van der Waals surface area contributed by atoms with Crippen LogP contribution in [0.25, 0.3) is 0 Å². The lowest BCUT2D eigenvalue weighted by molar-refractivity contribution is -0.137. The number of pyridine rings is 1. The molecule has 0 unspecified atom stereocenters. The molecule has 0 aliphatic carbocycles. The van der Waals surface area contributed by atoms with Crippen LogP contribution in [-0.2, 0) is 0 Å². The number of likely N-dealkylation sites (tertiary alicyclic amines) is 1. The van der Waals surface area contributed by atoms with E-state index in [4.69, 9.17) is 4.74 Å². The van der Waals surface area contributed by atoms with Crippen molar-refractivity contribution in [3.63, 3.8) is 0 Å². The number of halogens is 3. The molecule has 146 valence electrons. The summed E-state index contributed by atoms with van der Waals surface area (Å²) in [6.07, 6.45) is -0.108. The van der Waals surface area contributed by atoms with Gasteiger partial charge >= 0.3 is 6.18 Å². The second kappa shape index (κ2) is 8.38. The molecule has 1 fully saturated rings. The molecule has 10 heteroatoms. The third kappa shape index (κ3) is 5.95. The topological polar surface area (TPSA) is 80.5 Å². The number of nitrogens with one attached hydrogen (secondary N) is 1. The van der Waals surface area contributed by atoms with Crippen molar-refractivity contribution in [3.05, 3.63) is 36.4 Å². The minimum absolute atomic E-state index is 0.0266. The first-order chi connectivity index (χ1) is 12.9. The first kappa shape index (κ1) is 19.2. The molecule has 0 bridgehead atoms. The Labute approximate surface area is 153 Å². The largest absolute Gasteiger partial charge is 0.477 e. The fraction of sp³-hybridized carbons (Fsp3) is 0.471. The number of hydrogen-bond acceptors (Lipinski definition) is 6. The van der Waals surface area contributed by atoms with Gasteiger partial charge in [0.25, 0.3) is 5.91 Å². The summed E-state index contributed by atoms with van der Waals surface area (Å²) in [6.45, 7) is 1.65. The second-order valence-corrected chi connectivity index (χ2v) is 6.38. The lowest BCUT2D eigenvalue weighted by atomic mass is 10.1. The van der Waals surface area contributed by atoms with Crippen LogP contribution < -0.4 is 10.1 Å². The highest BCUT2D eigenvalue weighted by Crippen LogP contribution is 2.23. The first-order valence-electron chi connectivity index (χ1n) is 8.48. The highest BCUT2D eigenvalue weighted by Gasteiger charge is 2.30. The van der Waals surface area contributed by atoms with Crippen LogP contribution >= 0.6 is 0 Å². The second-order valence-electron chi connectivity index (χ2n) is 6.38. The Morgan fingerprint density at radius 1 is 1.37 bits per heavy atom. The number of ether oxygens (including phenoxy) is 1. The number of anilines is 1. The Hall–Kier alpha value is -2.62. The van der Waals surface area contributed by atoms with Crippen LogP contribution in [0.1, 0.15) is 23.2 Å². The van der Waals surface area contributed by atoms with Gasteiger partial charge in [0.2, 0.25) is 5.88 Å². The van der Waals surface area contributed by atoms with Gasteiger partial charge in [-0.25, -0.2) is 4.98 Å². The van der Waals surface area contributed by atoms with Crippen molar-refractivity contribution in [2.24, 2.45) is 5.92 Å². The van der Waals surface area contributed by atoms with Gasteiger partial charge in [0, 0.05) is 25.1 Å². The minimum atomic E-state index is -4.12. The van der Waals surface area contributed by atoms with E-state index in [0.717, 1.165) is 6.42 Å². The number of carbonyl (C=O) groups is 1. The van der Waals surface area contributed by atoms with E-state index < -0.39 is 12.6 Å². The van der Waals surface area contributed by atoms with E-state index >= 15 is 0 Å². The zero-order valence-electron chi connectivity index (χ0n) is 14.4. The van der Waals surface area contributed by atoms with Crippen LogP contribution in [0.15, 0.2) is 35.3 Å². The summed E-state index contributed by atoms with van der Waals surface area (Å²) in [5.41, 5.74) is 0.791. The minimum Gasteiger partial charge on any atom is -0.477 e. The molecule has 1 aliphatic rings. The van der Waals surface area contributed by atoms with Crippen LogP contribution in [0.3, 0.4) is 0 Å². The van der Waals surface area contributed by atoms with E-state index in [1.165, 1.54) is 18.7 Å². The van der Waals surface area contributed by atoms with Gasteiger partial charge in [-0.2, -0.15) is 13.2 Å². The molecule has 2 aromatic heterocycles. The Balaban J connectivity index is 1.41. The SMILES string of the molecule is O=C(Nc1ccc(OC[C@@H]2CCN(CCC(F)(F)F)C2)nc1)c1cnoc1. The Kier molecular flexibility index (Phi) is 5.94. The van der Waals surface area contributed by atoms with Gasteiger partial charge in [-0.1, -0.05) is 5.16 Å². The van der Waals surface area contributed by atoms with Crippen LogP contribution in [0.4, 0.5) is 18.9 Å². The van der Waals surface area contributed by atoms with E-state index in [2.05, 4.69) is 20.0 Å². The molecule has 3 heterocycles. The van der Waals surface area contributed by atoms with Crippen LogP contribution in [0.2, 0.25) is 0 Å². The monoisotopic (exact) mass is 384 g/mol. The van der Waals surface area contributed by atoms with E-state index in [1.54, 1.807) is 17.0 Å². The van der Waals surface area contributed by atoms with E-state index in [0.29, 0.717) is 36.8 Å². The summed E-state index contributed by atoms with van der Waals surface area (Å²) in [7, 11) is 0. The zero-order chi connectivity index (χ0) is 19.3. The van der Waals surface area contributed by atoms with Crippen LogP contribution in [0.5, 0.6) is 5.88 Å². The third-order valence-electron chi connectivity index (χ3n) is 4.24. The summed E-state index contributed by atoms with van der Waals surface area (Å²) in [6, 6.07) is 3.28. The van der Waals surface area contributed by atoms with Crippen LogP contribution in [-0.4, -0.2) is 53.4 Å². The van der Waals surface area contributed by atoms with E-state index in [1.807, 2.05) is 0 Å². The number of rotatable bonds is 7. The highest BCUT2D eigenvalue weighted by atomic mass is 19.4. The summed E-state index contributed by atoms with van der Waals surface area (Å²) in [4.78, 5) is 17.8. The molecule has 0 saturated carbocycles. The molecule has 27 heavy (non-hydrogen) atoms. The van der Waals surface area contributed by atoms with E-state index in [-0.39, 0.29) is 18.4 Å². The van der Waals surface area contributed by atoms with Crippen LogP contribution in [0, 0.1) is 5.92 Å². The molecule has 3 rings (SSSR count). The molecule has 0 aromatic carbocycles. The maximum absolute atomic E-state index is 12.3. The normalized spacial score (nSPS) is 17.8. The number of amides is 1. The number of nitrogens with zero attached hydrogens (tertiary/aromatic N) is 3. The lowest BCUT2D eigenvalue weighted by Crippen LogP contribution is -2.27.